The Morgan fingerprint density at radius 1 is 1.24 bits per heavy atom. The van der Waals surface area contributed by atoms with Crippen LogP contribution in [-0.2, 0) is 0 Å². The van der Waals surface area contributed by atoms with Crippen LogP contribution in [0.15, 0.2) is 58.5 Å². The zero-order valence-electron chi connectivity index (χ0n) is 21.2. The largest absolute Gasteiger partial charge is 0.388 e. The van der Waals surface area contributed by atoms with E-state index < -0.39 is 6.23 Å². The Bertz CT molecular complexity index is 959. The van der Waals surface area contributed by atoms with E-state index in [4.69, 9.17) is 22.3 Å². The Morgan fingerprint density at radius 2 is 1.91 bits per heavy atom. The van der Waals surface area contributed by atoms with Gasteiger partial charge < -0.3 is 20.6 Å². The molecule has 2 aromatic rings. The number of nitrogens with one attached hydrogen (secondary N) is 1. The van der Waals surface area contributed by atoms with E-state index in [2.05, 4.69) is 22.3 Å². The van der Waals surface area contributed by atoms with Gasteiger partial charge in [0.05, 0.1) is 23.8 Å². The summed E-state index contributed by atoms with van der Waals surface area (Å²) in [5, 5.41) is 13.8. The molecule has 1 saturated heterocycles. The number of aliphatic imine (C=N–C) groups is 2. The molecule has 0 aliphatic carbocycles. The van der Waals surface area contributed by atoms with Gasteiger partial charge in [0, 0.05) is 35.4 Å². The van der Waals surface area contributed by atoms with Crippen molar-refractivity contribution in [3.63, 3.8) is 0 Å². The molecule has 0 saturated carbocycles. The number of nitrogens with two attached hydrogens (primary N) is 1. The van der Waals surface area contributed by atoms with Crippen molar-refractivity contribution < 1.29 is 5.11 Å². The van der Waals surface area contributed by atoms with Crippen LogP contribution in [0.2, 0.25) is 5.02 Å². The molecule has 3 unspecified atom stereocenters. The predicted octanol–water partition coefficient (Wildman–Crippen LogP) is 3.58. The van der Waals surface area contributed by atoms with E-state index in [0.29, 0.717) is 16.9 Å². The van der Waals surface area contributed by atoms with E-state index in [-0.39, 0.29) is 6.17 Å². The number of aliphatic hydroxyl groups is 1. The molecule has 0 radical (unpaired) electrons. The van der Waals surface area contributed by atoms with Gasteiger partial charge in [0.2, 0.25) is 0 Å². The lowest BCUT2D eigenvalue weighted by Gasteiger charge is -2.26. The lowest BCUT2D eigenvalue weighted by molar-refractivity contribution is 0.195. The molecule has 1 fully saturated rings. The molecular formula is C26H39ClN6O. The summed E-state index contributed by atoms with van der Waals surface area (Å²) in [5.41, 5.74) is 9.05. The maximum Gasteiger partial charge on any atom is 0.123 e. The second-order valence-electron chi connectivity index (χ2n) is 8.69. The molecule has 186 valence electrons. The highest BCUT2D eigenvalue weighted by atomic mass is 35.5. The Morgan fingerprint density at radius 3 is 2.44 bits per heavy atom. The number of rotatable bonds is 7. The number of likely N-dealkylation sites (tertiary alicyclic amines) is 1. The standard InChI is InChI=1S/C19H24ClN3O.C7H15N3/c1-13(21-3)22-19(15-8-6-5-7-9-15)17-12-16(20)10-11-18(17)23(4)14(2)24;1-6(8)9-7-3-4-10(2)5-7/h5-14,21,24H,1-4H3;7H,3-5H2,1-2H3,(H2,8,9)/b22-19-;. The highest BCUT2D eigenvalue weighted by Crippen LogP contribution is 2.28. The van der Waals surface area contributed by atoms with Crippen molar-refractivity contribution in [1.29, 1.82) is 0 Å². The number of aliphatic hydroxyl groups excluding tert-OH is 1. The molecule has 0 spiro atoms. The highest BCUT2D eigenvalue weighted by molar-refractivity contribution is 6.31. The normalized spacial score (nSPS) is 18.8. The molecule has 1 aliphatic heterocycles. The van der Waals surface area contributed by atoms with Crippen molar-refractivity contribution in [1.82, 2.24) is 10.2 Å². The lowest BCUT2D eigenvalue weighted by atomic mass is 9.99. The van der Waals surface area contributed by atoms with Gasteiger partial charge in [-0.1, -0.05) is 41.9 Å². The third-order valence-corrected chi connectivity index (χ3v) is 5.93. The van der Waals surface area contributed by atoms with Gasteiger partial charge in [0.1, 0.15) is 6.23 Å². The quantitative estimate of drug-likeness (QED) is 0.316. The summed E-state index contributed by atoms with van der Waals surface area (Å²) >= 11 is 6.25. The minimum absolute atomic E-state index is 0.0520. The first-order valence-corrected chi connectivity index (χ1v) is 12.0. The first-order chi connectivity index (χ1) is 16.1. The molecule has 4 N–H and O–H groups in total. The summed E-state index contributed by atoms with van der Waals surface area (Å²) in [5.74, 6) is 0.709. The van der Waals surface area contributed by atoms with Crippen molar-refractivity contribution in [3.8, 4) is 0 Å². The van der Waals surface area contributed by atoms with Gasteiger partial charge in [-0.25, -0.2) is 0 Å². The number of nitrogens with zero attached hydrogens (tertiary/aromatic N) is 4. The molecule has 34 heavy (non-hydrogen) atoms. The van der Waals surface area contributed by atoms with Crippen molar-refractivity contribution in [2.24, 2.45) is 15.7 Å². The molecule has 1 heterocycles. The molecule has 0 bridgehead atoms. The zero-order valence-corrected chi connectivity index (χ0v) is 21.9. The van der Waals surface area contributed by atoms with Crippen LogP contribution in [0.5, 0.6) is 0 Å². The monoisotopic (exact) mass is 486 g/mol. The second kappa shape index (κ2) is 13.4. The van der Waals surface area contributed by atoms with Crippen LogP contribution < -0.4 is 16.0 Å². The smallest absolute Gasteiger partial charge is 0.123 e. The van der Waals surface area contributed by atoms with Gasteiger partial charge in [0.25, 0.3) is 0 Å². The Balaban J connectivity index is 0.000000340. The topological polar surface area (TPSA) is 89.5 Å². The average Bonchev–Trinajstić information content (AvgIpc) is 3.21. The van der Waals surface area contributed by atoms with E-state index in [9.17, 15) is 5.11 Å². The van der Waals surface area contributed by atoms with E-state index in [1.165, 1.54) is 0 Å². The van der Waals surface area contributed by atoms with Gasteiger partial charge in [0.15, 0.2) is 0 Å². The Labute approximate surface area is 209 Å². The number of anilines is 1. The fourth-order valence-electron chi connectivity index (χ4n) is 3.67. The van der Waals surface area contributed by atoms with Crippen LogP contribution >= 0.6 is 11.6 Å². The first kappa shape index (κ1) is 27.8. The van der Waals surface area contributed by atoms with Crippen LogP contribution in [0, 0.1) is 0 Å². The molecule has 0 aromatic heterocycles. The van der Waals surface area contributed by atoms with Crippen LogP contribution in [0.4, 0.5) is 5.69 Å². The highest BCUT2D eigenvalue weighted by Gasteiger charge is 2.19. The summed E-state index contributed by atoms with van der Waals surface area (Å²) in [4.78, 5) is 13.2. The van der Waals surface area contributed by atoms with Crippen LogP contribution in [-0.4, -0.2) is 74.2 Å². The lowest BCUT2D eigenvalue weighted by Crippen LogP contribution is -2.30. The minimum Gasteiger partial charge on any atom is -0.388 e. The summed E-state index contributed by atoms with van der Waals surface area (Å²) in [7, 11) is 5.83. The van der Waals surface area contributed by atoms with Crippen LogP contribution in [0.1, 0.15) is 38.3 Å². The second-order valence-corrected chi connectivity index (χ2v) is 9.12. The fourth-order valence-corrected chi connectivity index (χ4v) is 3.84. The molecule has 7 nitrogen and oxygen atoms in total. The third kappa shape index (κ3) is 8.40. The molecule has 2 aromatic carbocycles. The third-order valence-electron chi connectivity index (χ3n) is 5.69. The maximum atomic E-state index is 9.99. The Kier molecular flexibility index (Phi) is 11.0. The summed E-state index contributed by atoms with van der Waals surface area (Å²) < 4.78 is 0. The minimum atomic E-state index is -0.622. The van der Waals surface area contributed by atoms with Crippen LogP contribution in [0.3, 0.4) is 0 Å². The van der Waals surface area contributed by atoms with E-state index in [1.54, 1.807) is 11.8 Å². The maximum absolute atomic E-state index is 9.99. The summed E-state index contributed by atoms with van der Waals surface area (Å²) in [6.45, 7) is 7.79. The molecule has 3 atom stereocenters. The van der Waals surface area contributed by atoms with Gasteiger partial charge in [-0.2, -0.15) is 0 Å². The van der Waals surface area contributed by atoms with Crippen molar-refractivity contribution in [3.05, 3.63) is 64.7 Å². The summed E-state index contributed by atoms with van der Waals surface area (Å²) in [6.07, 6.45) is 0.484. The fraction of sp³-hybridized carbons (Fsp3) is 0.462. The zero-order chi connectivity index (χ0) is 25.3. The number of likely N-dealkylation sites (N-methyl/N-ethyl adjacent to an activating group) is 1. The molecule has 3 rings (SSSR count). The van der Waals surface area contributed by atoms with E-state index >= 15 is 0 Å². The number of halogens is 1. The molecule has 8 heteroatoms. The van der Waals surface area contributed by atoms with Crippen molar-refractivity contribution >= 4 is 28.8 Å². The average molecular weight is 487 g/mol. The molecular weight excluding hydrogens is 448 g/mol. The van der Waals surface area contributed by atoms with Gasteiger partial charge in [-0.05, 0) is 66.0 Å². The SMILES string of the molecule is CC(N)=NC1CCN(C)C1.CNC(C)/N=C(/c1ccccc1)c1cc(Cl)ccc1N(C)C(C)O. The number of amidine groups is 1. The molecule has 1 aliphatic rings. The Hall–Kier alpha value is -2.45. The van der Waals surface area contributed by atoms with Crippen molar-refractivity contribution in [2.45, 2.75) is 45.6 Å². The van der Waals surface area contributed by atoms with Crippen molar-refractivity contribution in [2.75, 3.05) is 39.1 Å². The number of hydrogen-bond acceptors (Lipinski definition) is 6. The first-order valence-electron chi connectivity index (χ1n) is 11.6. The molecule has 0 amide bonds. The van der Waals surface area contributed by atoms with Gasteiger partial charge in [-0.3, -0.25) is 15.3 Å². The van der Waals surface area contributed by atoms with Crippen LogP contribution in [0.25, 0.3) is 0 Å². The van der Waals surface area contributed by atoms with E-state index in [0.717, 1.165) is 42.0 Å². The number of hydrogen-bond donors (Lipinski definition) is 3. The van der Waals surface area contributed by atoms with E-state index in [1.807, 2.05) is 76.5 Å². The summed E-state index contributed by atoms with van der Waals surface area (Å²) in [6, 6.07) is 16.1. The number of benzene rings is 2. The predicted molar refractivity (Wildman–Crippen MR) is 145 cm³/mol. The van der Waals surface area contributed by atoms with Gasteiger partial charge >= 0.3 is 0 Å². The van der Waals surface area contributed by atoms with Gasteiger partial charge in [-0.15, -0.1) is 0 Å².